The number of carbonyl (C=O) groups is 2. The highest BCUT2D eigenvalue weighted by Crippen LogP contribution is 2.36. The van der Waals surface area contributed by atoms with Crippen molar-refractivity contribution >= 4 is 35.2 Å². The third-order valence-electron chi connectivity index (χ3n) is 3.93. The van der Waals surface area contributed by atoms with Gasteiger partial charge in [-0.15, -0.1) is 11.8 Å². The lowest BCUT2D eigenvalue weighted by atomic mass is 10.0. The van der Waals surface area contributed by atoms with E-state index in [-0.39, 0.29) is 16.9 Å². The molecule has 0 radical (unpaired) electrons. The van der Waals surface area contributed by atoms with Gasteiger partial charge in [0.15, 0.2) is 6.10 Å². The van der Waals surface area contributed by atoms with Gasteiger partial charge in [-0.2, -0.15) is 0 Å². The summed E-state index contributed by atoms with van der Waals surface area (Å²) in [4.78, 5) is 24.1. The van der Waals surface area contributed by atoms with Gasteiger partial charge in [0, 0.05) is 18.7 Å². The highest BCUT2D eigenvalue weighted by atomic mass is 35.5. The van der Waals surface area contributed by atoms with Crippen molar-refractivity contribution in [1.82, 2.24) is 5.32 Å². The van der Waals surface area contributed by atoms with Gasteiger partial charge in [0.1, 0.15) is 0 Å². The van der Waals surface area contributed by atoms with Crippen LogP contribution in [0.3, 0.4) is 0 Å². The maximum absolute atomic E-state index is 12.2. The van der Waals surface area contributed by atoms with E-state index in [1.54, 1.807) is 14.0 Å². The number of carbonyl (C=O) groups excluding carboxylic acids is 2. The number of nitrogens with one attached hydrogen (secondary N) is 1. The van der Waals surface area contributed by atoms with Gasteiger partial charge in [-0.1, -0.05) is 54.1 Å². The third kappa shape index (κ3) is 7.19. The Bertz CT molecular complexity index is 755. The molecule has 0 spiro atoms. The molecule has 28 heavy (non-hydrogen) atoms. The van der Waals surface area contributed by atoms with Crippen LogP contribution in [-0.4, -0.2) is 44.0 Å². The van der Waals surface area contributed by atoms with Crippen LogP contribution in [0.1, 0.15) is 23.3 Å². The van der Waals surface area contributed by atoms with E-state index in [9.17, 15) is 9.59 Å². The smallest absolute Gasteiger partial charge is 0.316 e. The summed E-state index contributed by atoms with van der Waals surface area (Å²) in [5.74, 6) is -0.653. The summed E-state index contributed by atoms with van der Waals surface area (Å²) < 4.78 is 10.1. The van der Waals surface area contributed by atoms with Crippen LogP contribution in [0.25, 0.3) is 0 Å². The van der Waals surface area contributed by atoms with E-state index in [1.165, 1.54) is 11.8 Å². The van der Waals surface area contributed by atoms with Gasteiger partial charge >= 0.3 is 5.97 Å². The van der Waals surface area contributed by atoms with E-state index in [0.29, 0.717) is 18.2 Å². The first-order chi connectivity index (χ1) is 13.5. The SMILES string of the molecule is COCCNC(=O)[C@@H](C)OC(=O)CS[C@H](c1ccccc1)c1ccc(Cl)cc1. The van der Waals surface area contributed by atoms with Crippen LogP contribution in [0.4, 0.5) is 0 Å². The standard InChI is InChI=1S/C21H24ClNO4S/c1-15(21(25)23-12-13-26-2)27-19(24)14-28-20(16-6-4-3-5-7-16)17-8-10-18(22)11-9-17/h3-11,15,20H,12-14H2,1-2H3,(H,23,25)/t15-,20-/m1/s1. The first kappa shape index (κ1) is 22.3. The summed E-state index contributed by atoms with van der Waals surface area (Å²) >= 11 is 7.44. The van der Waals surface area contributed by atoms with E-state index in [2.05, 4.69) is 5.32 Å². The second-order valence-corrected chi connectivity index (χ2v) is 7.60. The van der Waals surface area contributed by atoms with Gasteiger partial charge in [-0.05, 0) is 30.2 Å². The minimum atomic E-state index is -0.851. The summed E-state index contributed by atoms with van der Waals surface area (Å²) in [6.45, 7) is 2.33. The topological polar surface area (TPSA) is 64.6 Å². The number of ether oxygens (including phenoxy) is 2. The zero-order chi connectivity index (χ0) is 20.4. The number of thioether (sulfide) groups is 1. The van der Waals surface area contributed by atoms with Crippen molar-refractivity contribution in [3.63, 3.8) is 0 Å². The van der Waals surface area contributed by atoms with Crippen LogP contribution < -0.4 is 5.32 Å². The molecule has 1 amide bonds. The Balaban J connectivity index is 1.96. The Morgan fingerprint density at radius 1 is 1.07 bits per heavy atom. The molecule has 0 unspecified atom stereocenters. The largest absolute Gasteiger partial charge is 0.452 e. The fraction of sp³-hybridized carbons (Fsp3) is 0.333. The molecule has 0 aliphatic rings. The summed E-state index contributed by atoms with van der Waals surface area (Å²) in [7, 11) is 1.55. The van der Waals surface area contributed by atoms with E-state index < -0.39 is 12.1 Å². The average molecular weight is 422 g/mol. The molecule has 0 aliphatic carbocycles. The monoisotopic (exact) mass is 421 g/mol. The first-order valence-electron chi connectivity index (χ1n) is 8.89. The zero-order valence-corrected chi connectivity index (χ0v) is 17.5. The molecule has 0 aromatic heterocycles. The Labute approximate surface area is 174 Å². The Morgan fingerprint density at radius 2 is 1.71 bits per heavy atom. The van der Waals surface area contributed by atoms with E-state index >= 15 is 0 Å². The molecular formula is C21H24ClNO4S. The first-order valence-corrected chi connectivity index (χ1v) is 10.3. The highest BCUT2D eigenvalue weighted by molar-refractivity contribution is 8.00. The van der Waals surface area contributed by atoms with E-state index in [0.717, 1.165) is 11.1 Å². The second-order valence-electron chi connectivity index (χ2n) is 6.07. The number of methoxy groups -OCH3 is 1. The number of esters is 1. The van der Waals surface area contributed by atoms with Gasteiger partial charge in [-0.3, -0.25) is 9.59 Å². The number of amides is 1. The summed E-state index contributed by atoms with van der Waals surface area (Å²) in [5.41, 5.74) is 2.12. The molecule has 0 aliphatic heterocycles. The molecule has 2 rings (SSSR count). The van der Waals surface area contributed by atoms with Crippen LogP contribution in [0.2, 0.25) is 5.02 Å². The Morgan fingerprint density at radius 3 is 2.36 bits per heavy atom. The van der Waals surface area contributed by atoms with Gasteiger partial charge < -0.3 is 14.8 Å². The van der Waals surface area contributed by atoms with Crippen molar-refractivity contribution in [3.8, 4) is 0 Å². The maximum Gasteiger partial charge on any atom is 0.316 e. The van der Waals surface area contributed by atoms with E-state index in [4.69, 9.17) is 21.1 Å². The van der Waals surface area contributed by atoms with Crippen molar-refractivity contribution in [1.29, 1.82) is 0 Å². The Hall–Kier alpha value is -2.02. The molecule has 0 saturated heterocycles. The van der Waals surface area contributed by atoms with Crippen LogP contribution >= 0.6 is 23.4 Å². The third-order valence-corrected chi connectivity index (χ3v) is 5.46. The van der Waals surface area contributed by atoms with Crippen molar-refractivity contribution in [2.75, 3.05) is 26.0 Å². The van der Waals surface area contributed by atoms with Crippen LogP contribution in [0, 0.1) is 0 Å². The second kappa shape index (κ2) is 11.7. The summed E-state index contributed by atoms with van der Waals surface area (Å²) in [6.07, 6.45) is -0.851. The molecule has 0 heterocycles. The molecule has 0 fully saturated rings. The molecule has 7 heteroatoms. The average Bonchev–Trinajstić information content (AvgIpc) is 2.70. The summed E-state index contributed by atoms with van der Waals surface area (Å²) in [5, 5.41) is 3.27. The lowest BCUT2D eigenvalue weighted by Gasteiger charge is -2.18. The van der Waals surface area contributed by atoms with Gasteiger partial charge in [-0.25, -0.2) is 0 Å². The minimum absolute atomic E-state index is 0.0446. The van der Waals surface area contributed by atoms with E-state index in [1.807, 2.05) is 54.6 Å². The summed E-state index contributed by atoms with van der Waals surface area (Å²) in [6, 6.07) is 17.5. The zero-order valence-electron chi connectivity index (χ0n) is 15.9. The number of benzene rings is 2. The predicted molar refractivity (Wildman–Crippen MR) is 113 cm³/mol. The van der Waals surface area contributed by atoms with Gasteiger partial charge in [0.2, 0.25) is 0 Å². The predicted octanol–water partition coefficient (Wildman–Crippen LogP) is 3.86. The quantitative estimate of drug-likeness (QED) is 0.466. The lowest BCUT2D eigenvalue weighted by Crippen LogP contribution is -2.37. The molecule has 150 valence electrons. The Kier molecular flexibility index (Phi) is 9.34. The minimum Gasteiger partial charge on any atom is -0.452 e. The van der Waals surface area contributed by atoms with Crippen LogP contribution in [0.15, 0.2) is 54.6 Å². The fourth-order valence-electron chi connectivity index (χ4n) is 2.51. The van der Waals surface area contributed by atoms with Crippen molar-refractivity contribution in [2.24, 2.45) is 0 Å². The highest BCUT2D eigenvalue weighted by Gasteiger charge is 2.20. The fourth-order valence-corrected chi connectivity index (χ4v) is 3.70. The molecule has 2 aromatic carbocycles. The molecule has 0 bridgehead atoms. The van der Waals surface area contributed by atoms with Crippen molar-refractivity contribution in [2.45, 2.75) is 18.3 Å². The molecule has 0 saturated carbocycles. The maximum atomic E-state index is 12.2. The molecular weight excluding hydrogens is 398 g/mol. The van der Waals surface area contributed by atoms with Crippen molar-refractivity contribution < 1.29 is 19.1 Å². The number of halogens is 1. The molecule has 5 nitrogen and oxygen atoms in total. The molecule has 1 N–H and O–H groups in total. The number of hydrogen-bond donors (Lipinski definition) is 1. The van der Waals surface area contributed by atoms with Crippen LogP contribution in [-0.2, 0) is 19.1 Å². The van der Waals surface area contributed by atoms with Gasteiger partial charge in [0.05, 0.1) is 17.6 Å². The number of rotatable bonds is 10. The molecule has 2 atom stereocenters. The normalized spacial score (nSPS) is 12.8. The number of hydrogen-bond acceptors (Lipinski definition) is 5. The van der Waals surface area contributed by atoms with Crippen molar-refractivity contribution in [3.05, 3.63) is 70.7 Å². The molecule has 2 aromatic rings. The lowest BCUT2D eigenvalue weighted by molar-refractivity contribution is -0.152. The van der Waals surface area contributed by atoms with Gasteiger partial charge in [0.25, 0.3) is 5.91 Å². The van der Waals surface area contributed by atoms with Crippen LogP contribution in [0.5, 0.6) is 0 Å².